The normalized spacial score (nSPS) is 15.2. The quantitative estimate of drug-likeness (QED) is 0.655. The maximum absolute atomic E-state index is 12.9. The minimum absolute atomic E-state index is 0.00260. The van der Waals surface area contributed by atoms with Crippen LogP contribution >= 0.6 is 0 Å². The molecule has 0 spiro atoms. The van der Waals surface area contributed by atoms with Crippen LogP contribution in [-0.4, -0.2) is 18.2 Å². The van der Waals surface area contributed by atoms with E-state index in [-0.39, 0.29) is 5.91 Å². The molecule has 0 atom stereocenters. The van der Waals surface area contributed by atoms with Crippen molar-refractivity contribution in [2.45, 2.75) is 19.8 Å². The molecule has 0 aromatic heterocycles. The summed E-state index contributed by atoms with van der Waals surface area (Å²) in [6.07, 6.45) is 2.05. The molecule has 0 aliphatic carbocycles. The van der Waals surface area contributed by atoms with Gasteiger partial charge in [-0.2, -0.15) is 0 Å². The van der Waals surface area contributed by atoms with E-state index in [4.69, 9.17) is 4.99 Å². The molecular weight excluding hydrogens is 308 g/mol. The summed E-state index contributed by atoms with van der Waals surface area (Å²) < 4.78 is 0. The average molecular weight is 328 g/mol. The number of hydrogen-bond donors (Lipinski definition) is 0. The molecule has 1 aliphatic heterocycles. The summed E-state index contributed by atoms with van der Waals surface area (Å²) in [5.74, 6) is 0.00260. The number of anilines is 1. The maximum atomic E-state index is 12.9. The van der Waals surface area contributed by atoms with Gasteiger partial charge in [-0.05, 0) is 35.4 Å². The van der Waals surface area contributed by atoms with Gasteiger partial charge >= 0.3 is 0 Å². The Hall–Kier alpha value is -2.94. The van der Waals surface area contributed by atoms with Crippen LogP contribution in [0.15, 0.2) is 71.7 Å². The fourth-order valence-electron chi connectivity index (χ4n) is 3.28. The van der Waals surface area contributed by atoms with Crippen LogP contribution in [0, 0.1) is 0 Å². The Morgan fingerprint density at radius 2 is 1.68 bits per heavy atom. The topological polar surface area (TPSA) is 32.7 Å². The van der Waals surface area contributed by atoms with E-state index in [1.54, 1.807) is 0 Å². The van der Waals surface area contributed by atoms with Crippen molar-refractivity contribution in [2.75, 3.05) is 11.4 Å². The lowest BCUT2D eigenvalue weighted by Crippen LogP contribution is -2.30. The van der Waals surface area contributed by atoms with Crippen LogP contribution in [-0.2, 0) is 4.79 Å². The van der Waals surface area contributed by atoms with Gasteiger partial charge in [-0.15, -0.1) is 0 Å². The predicted molar refractivity (Wildman–Crippen MR) is 104 cm³/mol. The van der Waals surface area contributed by atoms with Crippen molar-refractivity contribution in [3.05, 3.63) is 72.3 Å². The maximum Gasteiger partial charge on any atom is 0.277 e. The SMILES string of the molecule is CCCCN1C(=O)C(=Nc2ccc3ccccc3c2)c2ccccc21. The number of carbonyl (C=O) groups excluding carboxylic acids is 1. The van der Waals surface area contributed by atoms with Gasteiger partial charge in [0.15, 0.2) is 0 Å². The first-order chi connectivity index (χ1) is 12.3. The molecule has 3 nitrogen and oxygen atoms in total. The van der Waals surface area contributed by atoms with E-state index in [1.807, 2.05) is 53.4 Å². The number of hydrogen-bond acceptors (Lipinski definition) is 2. The highest BCUT2D eigenvalue weighted by Crippen LogP contribution is 2.31. The Labute approximate surface area is 147 Å². The Morgan fingerprint density at radius 3 is 2.52 bits per heavy atom. The zero-order valence-corrected chi connectivity index (χ0v) is 14.3. The van der Waals surface area contributed by atoms with Crippen molar-refractivity contribution in [3.63, 3.8) is 0 Å². The van der Waals surface area contributed by atoms with E-state index in [1.165, 1.54) is 5.39 Å². The molecule has 0 N–H and O–H groups in total. The van der Waals surface area contributed by atoms with E-state index >= 15 is 0 Å². The van der Waals surface area contributed by atoms with Gasteiger partial charge < -0.3 is 4.90 Å². The van der Waals surface area contributed by atoms with E-state index in [0.717, 1.165) is 41.7 Å². The molecule has 1 heterocycles. The van der Waals surface area contributed by atoms with Gasteiger partial charge in [0.05, 0.1) is 11.4 Å². The Morgan fingerprint density at radius 1 is 0.920 bits per heavy atom. The summed E-state index contributed by atoms with van der Waals surface area (Å²) in [7, 11) is 0. The van der Waals surface area contributed by atoms with E-state index < -0.39 is 0 Å². The van der Waals surface area contributed by atoms with E-state index in [9.17, 15) is 4.79 Å². The van der Waals surface area contributed by atoms with Crippen molar-refractivity contribution >= 4 is 33.8 Å². The van der Waals surface area contributed by atoms with E-state index in [0.29, 0.717) is 5.71 Å². The smallest absolute Gasteiger partial charge is 0.277 e. The van der Waals surface area contributed by atoms with Crippen LogP contribution in [0.5, 0.6) is 0 Å². The molecule has 1 aliphatic rings. The lowest BCUT2D eigenvalue weighted by Gasteiger charge is -2.15. The number of nitrogens with zero attached hydrogens (tertiary/aromatic N) is 2. The van der Waals surface area contributed by atoms with Crippen LogP contribution in [0.2, 0.25) is 0 Å². The van der Waals surface area contributed by atoms with Gasteiger partial charge in [0.25, 0.3) is 5.91 Å². The fourth-order valence-corrected chi connectivity index (χ4v) is 3.28. The van der Waals surface area contributed by atoms with Crippen molar-refractivity contribution in [3.8, 4) is 0 Å². The van der Waals surface area contributed by atoms with Crippen molar-refractivity contribution in [2.24, 2.45) is 4.99 Å². The first-order valence-corrected chi connectivity index (χ1v) is 8.76. The highest BCUT2D eigenvalue weighted by atomic mass is 16.2. The van der Waals surface area contributed by atoms with Gasteiger partial charge in [0.1, 0.15) is 5.71 Å². The molecule has 0 unspecified atom stereocenters. The first kappa shape index (κ1) is 15.6. The number of unbranched alkanes of at least 4 members (excludes halogenated alkanes) is 1. The summed E-state index contributed by atoms with van der Waals surface area (Å²) in [6.45, 7) is 2.87. The standard InChI is InChI=1S/C22H20N2O/c1-2-3-14-24-20-11-7-6-10-19(20)21(22(24)25)23-18-13-12-16-8-4-5-9-17(16)15-18/h4-13,15H,2-3,14H2,1H3. The van der Waals surface area contributed by atoms with Gasteiger partial charge in [0.2, 0.25) is 0 Å². The molecule has 124 valence electrons. The third-order valence-corrected chi connectivity index (χ3v) is 4.61. The van der Waals surface area contributed by atoms with Crippen LogP contribution in [0.3, 0.4) is 0 Å². The zero-order valence-electron chi connectivity index (χ0n) is 14.3. The average Bonchev–Trinajstić information content (AvgIpc) is 2.91. The van der Waals surface area contributed by atoms with Crippen molar-refractivity contribution in [1.29, 1.82) is 0 Å². The summed E-state index contributed by atoms with van der Waals surface area (Å²) in [5, 5.41) is 2.31. The van der Waals surface area contributed by atoms with Crippen LogP contribution in [0.25, 0.3) is 10.8 Å². The number of carbonyl (C=O) groups is 1. The minimum Gasteiger partial charge on any atom is -0.306 e. The second kappa shape index (κ2) is 6.52. The van der Waals surface area contributed by atoms with Gasteiger partial charge in [0, 0.05) is 12.1 Å². The number of para-hydroxylation sites is 1. The summed E-state index contributed by atoms with van der Waals surface area (Å²) in [4.78, 5) is 19.5. The number of fused-ring (bicyclic) bond motifs is 2. The predicted octanol–water partition coefficient (Wildman–Crippen LogP) is 5.11. The molecule has 0 radical (unpaired) electrons. The molecule has 3 heteroatoms. The number of amides is 1. The monoisotopic (exact) mass is 328 g/mol. The van der Waals surface area contributed by atoms with Crippen LogP contribution in [0.1, 0.15) is 25.3 Å². The Bertz CT molecular complexity index is 974. The molecule has 0 saturated heterocycles. The van der Waals surface area contributed by atoms with Crippen molar-refractivity contribution in [1.82, 2.24) is 0 Å². The summed E-state index contributed by atoms with van der Waals surface area (Å²) in [6, 6.07) is 22.2. The van der Waals surface area contributed by atoms with Crippen molar-refractivity contribution < 1.29 is 4.79 Å². The molecular formula is C22H20N2O. The molecule has 1 amide bonds. The highest BCUT2D eigenvalue weighted by molar-refractivity contribution is 6.54. The number of aliphatic imine (C=N–C) groups is 1. The van der Waals surface area contributed by atoms with Gasteiger partial charge in [-0.1, -0.05) is 61.9 Å². The Kier molecular flexibility index (Phi) is 4.06. The molecule has 4 rings (SSSR count). The van der Waals surface area contributed by atoms with E-state index in [2.05, 4.69) is 25.1 Å². The largest absolute Gasteiger partial charge is 0.306 e. The highest BCUT2D eigenvalue weighted by Gasteiger charge is 2.33. The van der Waals surface area contributed by atoms with Crippen LogP contribution < -0.4 is 4.90 Å². The molecule has 0 bridgehead atoms. The molecule has 25 heavy (non-hydrogen) atoms. The fraction of sp³-hybridized carbons (Fsp3) is 0.182. The zero-order chi connectivity index (χ0) is 17.2. The second-order valence-corrected chi connectivity index (χ2v) is 6.32. The molecule has 0 saturated carbocycles. The molecule has 0 fully saturated rings. The lowest BCUT2D eigenvalue weighted by atomic mass is 10.1. The minimum atomic E-state index is 0.00260. The molecule has 3 aromatic carbocycles. The molecule has 3 aromatic rings. The number of rotatable bonds is 4. The van der Waals surface area contributed by atoms with Gasteiger partial charge in [-0.3, -0.25) is 4.79 Å². The van der Waals surface area contributed by atoms with Crippen LogP contribution in [0.4, 0.5) is 11.4 Å². The first-order valence-electron chi connectivity index (χ1n) is 8.76. The number of benzene rings is 3. The van der Waals surface area contributed by atoms with Gasteiger partial charge in [-0.25, -0.2) is 4.99 Å². The Balaban J connectivity index is 1.77. The summed E-state index contributed by atoms with van der Waals surface area (Å²) in [5.41, 5.74) is 3.26. The second-order valence-electron chi connectivity index (χ2n) is 6.32. The third-order valence-electron chi connectivity index (χ3n) is 4.61. The third kappa shape index (κ3) is 2.82. The summed E-state index contributed by atoms with van der Waals surface area (Å²) >= 11 is 0. The lowest BCUT2D eigenvalue weighted by molar-refractivity contribution is -0.112.